The van der Waals surface area contributed by atoms with E-state index < -0.39 is 0 Å². The number of carbonyl (C=O) groups is 1. The second-order valence-electron chi connectivity index (χ2n) is 4.89. The molecule has 0 radical (unpaired) electrons. The van der Waals surface area contributed by atoms with Crippen LogP contribution in [0.1, 0.15) is 33.6 Å². The zero-order valence-corrected chi connectivity index (χ0v) is 10.4. The maximum absolute atomic E-state index is 11.9. The number of amides is 1. The summed E-state index contributed by atoms with van der Waals surface area (Å²) in [5.74, 6) is 1.09. The Morgan fingerprint density at radius 2 is 2.13 bits per heavy atom. The van der Waals surface area contributed by atoms with Crippen LogP contribution in [0.15, 0.2) is 0 Å². The third-order valence-electron chi connectivity index (χ3n) is 3.33. The highest BCUT2D eigenvalue weighted by Crippen LogP contribution is 2.20. The molecule has 0 aromatic rings. The number of carbonyl (C=O) groups excluding carboxylic acids is 1. The Hall–Kier alpha value is -0.570. The second kappa shape index (κ2) is 5.50. The van der Waals surface area contributed by atoms with E-state index in [1.54, 1.807) is 0 Å². The molecule has 3 heteroatoms. The third kappa shape index (κ3) is 3.20. The van der Waals surface area contributed by atoms with Gasteiger partial charge in [0.2, 0.25) is 5.91 Å². The minimum atomic E-state index is 0.123. The van der Waals surface area contributed by atoms with E-state index in [1.165, 1.54) is 12.8 Å². The van der Waals surface area contributed by atoms with Crippen LogP contribution in [-0.2, 0) is 4.79 Å². The highest BCUT2D eigenvalue weighted by Gasteiger charge is 2.29. The molecule has 0 bridgehead atoms. The van der Waals surface area contributed by atoms with E-state index >= 15 is 0 Å². The van der Waals surface area contributed by atoms with Crippen molar-refractivity contribution in [1.82, 2.24) is 10.2 Å². The van der Waals surface area contributed by atoms with Crippen molar-refractivity contribution in [3.05, 3.63) is 0 Å². The van der Waals surface area contributed by atoms with Crippen molar-refractivity contribution >= 4 is 5.91 Å². The van der Waals surface area contributed by atoms with Gasteiger partial charge in [0.1, 0.15) is 0 Å². The lowest BCUT2D eigenvalue weighted by Crippen LogP contribution is -2.51. The van der Waals surface area contributed by atoms with Crippen LogP contribution in [0.3, 0.4) is 0 Å². The molecule has 1 rings (SSSR count). The molecule has 0 aromatic heterocycles. The quantitative estimate of drug-likeness (QED) is 0.768. The Bertz CT molecular complexity index is 204. The van der Waals surface area contributed by atoms with Crippen molar-refractivity contribution in [2.45, 2.75) is 39.7 Å². The van der Waals surface area contributed by atoms with Crippen LogP contribution in [0.5, 0.6) is 0 Å². The van der Waals surface area contributed by atoms with Crippen molar-refractivity contribution in [2.75, 3.05) is 20.1 Å². The Morgan fingerprint density at radius 1 is 1.47 bits per heavy atom. The van der Waals surface area contributed by atoms with Crippen molar-refractivity contribution in [1.29, 1.82) is 0 Å². The molecule has 1 aliphatic heterocycles. The Balaban J connectivity index is 2.61. The molecule has 0 saturated carbocycles. The highest BCUT2D eigenvalue weighted by atomic mass is 16.2. The molecule has 1 heterocycles. The van der Waals surface area contributed by atoms with Gasteiger partial charge in [-0.1, -0.05) is 27.2 Å². The van der Waals surface area contributed by atoms with E-state index in [9.17, 15) is 4.79 Å². The molecule has 15 heavy (non-hydrogen) atoms. The molecule has 1 fully saturated rings. The Morgan fingerprint density at radius 3 is 2.60 bits per heavy atom. The molecular weight excluding hydrogens is 188 g/mol. The average Bonchev–Trinajstić information content (AvgIpc) is 2.27. The van der Waals surface area contributed by atoms with Gasteiger partial charge in [-0.05, 0) is 19.4 Å². The van der Waals surface area contributed by atoms with E-state index in [0.29, 0.717) is 17.9 Å². The largest absolute Gasteiger partial charge is 0.341 e. The second-order valence-corrected chi connectivity index (χ2v) is 4.89. The van der Waals surface area contributed by atoms with Crippen LogP contribution < -0.4 is 5.32 Å². The van der Waals surface area contributed by atoms with Crippen LogP contribution in [0.25, 0.3) is 0 Å². The van der Waals surface area contributed by atoms with Gasteiger partial charge in [0.25, 0.3) is 0 Å². The van der Waals surface area contributed by atoms with E-state index in [1.807, 2.05) is 25.8 Å². The van der Waals surface area contributed by atoms with Gasteiger partial charge in [-0.15, -0.1) is 0 Å². The topological polar surface area (TPSA) is 32.3 Å². The smallest absolute Gasteiger partial charge is 0.225 e. The number of likely N-dealkylation sites (tertiary alicyclic amines) is 1. The zero-order chi connectivity index (χ0) is 11.4. The van der Waals surface area contributed by atoms with Crippen molar-refractivity contribution < 1.29 is 4.79 Å². The first-order valence-electron chi connectivity index (χ1n) is 6.04. The van der Waals surface area contributed by atoms with Crippen molar-refractivity contribution in [2.24, 2.45) is 11.8 Å². The molecule has 3 nitrogen and oxygen atoms in total. The Labute approximate surface area is 93.2 Å². The van der Waals surface area contributed by atoms with Crippen molar-refractivity contribution in [3.8, 4) is 0 Å². The molecule has 2 atom stereocenters. The molecular formula is C12H24N2O. The Kier molecular flexibility index (Phi) is 4.58. The average molecular weight is 212 g/mol. The van der Waals surface area contributed by atoms with Crippen molar-refractivity contribution in [3.63, 3.8) is 0 Å². The fourth-order valence-corrected chi connectivity index (χ4v) is 2.25. The summed E-state index contributed by atoms with van der Waals surface area (Å²) in [5.41, 5.74) is 0. The molecule has 0 aliphatic carbocycles. The van der Waals surface area contributed by atoms with Crippen LogP contribution in [-0.4, -0.2) is 37.0 Å². The summed E-state index contributed by atoms with van der Waals surface area (Å²) in [4.78, 5) is 14.0. The first-order chi connectivity index (χ1) is 7.08. The maximum Gasteiger partial charge on any atom is 0.225 e. The summed E-state index contributed by atoms with van der Waals surface area (Å²) in [6, 6.07) is 0.478. The van der Waals surface area contributed by atoms with Gasteiger partial charge in [0, 0.05) is 25.0 Å². The predicted octanol–water partition coefficient (Wildman–Crippen LogP) is 1.49. The number of hydrogen-bond donors (Lipinski definition) is 1. The molecule has 2 unspecified atom stereocenters. The minimum absolute atomic E-state index is 0.123. The summed E-state index contributed by atoms with van der Waals surface area (Å²) in [6.45, 7) is 8.00. The fourth-order valence-electron chi connectivity index (χ4n) is 2.25. The summed E-state index contributed by atoms with van der Waals surface area (Å²) in [5, 5.41) is 3.30. The highest BCUT2D eigenvalue weighted by molar-refractivity contribution is 5.78. The number of rotatable bonds is 3. The van der Waals surface area contributed by atoms with E-state index in [4.69, 9.17) is 0 Å². The molecule has 1 saturated heterocycles. The fraction of sp³-hybridized carbons (Fsp3) is 0.917. The van der Waals surface area contributed by atoms with Crippen LogP contribution in [0.2, 0.25) is 0 Å². The lowest BCUT2D eigenvalue weighted by molar-refractivity contribution is -0.136. The summed E-state index contributed by atoms with van der Waals surface area (Å²) >= 11 is 0. The first-order valence-corrected chi connectivity index (χ1v) is 6.04. The predicted molar refractivity (Wildman–Crippen MR) is 62.7 cm³/mol. The maximum atomic E-state index is 11.9. The van der Waals surface area contributed by atoms with Gasteiger partial charge in [-0.3, -0.25) is 4.79 Å². The molecule has 1 N–H and O–H groups in total. The zero-order valence-electron chi connectivity index (χ0n) is 10.4. The van der Waals surface area contributed by atoms with Gasteiger partial charge in [-0.2, -0.15) is 0 Å². The number of nitrogens with one attached hydrogen (secondary N) is 1. The molecule has 1 amide bonds. The SMILES string of the molecule is CCC1CC(NC)CN(C(=O)C(C)C)C1. The summed E-state index contributed by atoms with van der Waals surface area (Å²) in [6.07, 6.45) is 2.37. The number of hydrogen-bond acceptors (Lipinski definition) is 2. The lowest BCUT2D eigenvalue weighted by atomic mass is 9.91. The van der Waals surface area contributed by atoms with Gasteiger partial charge in [-0.25, -0.2) is 0 Å². The summed E-state index contributed by atoms with van der Waals surface area (Å²) in [7, 11) is 1.99. The molecule has 1 aliphatic rings. The third-order valence-corrected chi connectivity index (χ3v) is 3.33. The molecule has 0 spiro atoms. The van der Waals surface area contributed by atoms with Gasteiger partial charge >= 0.3 is 0 Å². The van der Waals surface area contributed by atoms with Gasteiger partial charge in [0.15, 0.2) is 0 Å². The van der Waals surface area contributed by atoms with Crippen LogP contribution in [0.4, 0.5) is 0 Å². The normalized spacial score (nSPS) is 27.1. The van der Waals surface area contributed by atoms with Crippen LogP contribution in [0, 0.1) is 11.8 Å². The summed E-state index contributed by atoms with van der Waals surface area (Å²) < 4.78 is 0. The number of likely N-dealkylation sites (N-methyl/N-ethyl adjacent to an activating group) is 1. The van der Waals surface area contributed by atoms with E-state index in [0.717, 1.165) is 13.1 Å². The number of nitrogens with zero attached hydrogens (tertiary/aromatic N) is 1. The first kappa shape index (κ1) is 12.5. The van der Waals surface area contributed by atoms with Crippen LogP contribution >= 0.6 is 0 Å². The minimum Gasteiger partial charge on any atom is -0.341 e. The number of piperidine rings is 1. The molecule has 0 aromatic carbocycles. The standard InChI is InChI=1S/C12H24N2O/c1-5-10-6-11(13-4)8-14(7-10)12(15)9(2)3/h9-11,13H,5-8H2,1-4H3. The lowest BCUT2D eigenvalue weighted by Gasteiger charge is -2.38. The monoisotopic (exact) mass is 212 g/mol. The van der Waals surface area contributed by atoms with E-state index in [-0.39, 0.29) is 5.92 Å². The van der Waals surface area contributed by atoms with Gasteiger partial charge in [0.05, 0.1) is 0 Å². The molecule has 88 valence electrons. The van der Waals surface area contributed by atoms with E-state index in [2.05, 4.69) is 12.2 Å². The van der Waals surface area contributed by atoms with Gasteiger partial charge < -0.3 is 10.2 Å².